The van der Waals surface area contributed by atoms with E-state index in [0.29, 0.717) is 0 Å². The number of aliphatic hydroxyl groups excluding tert-OH is 2. The van der Waals surface area contributed by atoms with Gasteiger partial charge >= 0.3 is 0 Å². The van der Waals surface area contributed by atoms with Gasteiger partial charge in [-0.05, 0) is 49.5 Å². The van der Waals surface area contributed by atoms with Crippen LogP contribution in [0.1, 0.15) is 11.1 Å². The van der Waals surface area contributed by atoms with Crippen LogP contribution in [0.5, 0.6) is 0 Å². The monoisotopic (exact) mass is 288 g/mol. The molecule has 22 heavy (non-hydrogen) atoms. The molecule has 0 heterocycles. The van der Waals surface area contributed by atoms with Crippen molar-refractivity contribution < 1.29 is 10.2 Å². The Morgan fingerprint density at radius 2 is 1.36 bits per heavy atom. The molecule has 2 N–H and O–H groups in total. The molecule has 0 saturated carbocycles. The molecule has 0 aliphatic carbocycles. The Hall–Kier alpha value is -2.42. The molecule has 4 rings (SSSR count). The highest BCUT2D eigenvalue weighted by atomic mass is 16.3. The lowest BCUT2D eigenvalue weighted by molar-refractivity contribution is 0.283. The molecule has 0 amide bonds. The summed E-state index contributed by atoms with van der Waals surface area (Å²) in [7, 11) is 0. The maximum absolute atomic E-state index is 9.83. The van der Waals surface area contributed by atoms with Crippen LogP contribution in [0.4, 0.5) is 0 Å². The molecule has 0 bridgehead atoms. The van der Waals surface area contributed by atoms with Crippen LogP contribution in [0.2, 0.25) is 0 Å². The zero-order chi connectivity index (χ0) is 15.1. The van der Waals surface area contributed by atoms with Crippen molar-refractivity contribution in [1.82, 2.24) is 0 Å². The van der Waals surface area contributed by atoms with Crippen LogP contribution in [0.15, 0.2) is 60.7 Å². The van der Waals surface area contributed by atoms with Crippen molar-refractivity contribution in [2.45, 2.75) is 13.2 Å². The van der Waals surface area contributed by atoms with Crippen molar-refractivity contribution >= 4 is 32.3 Å². The van der Waals surface area contributed by atoms with Gasteiger partial charge in [-0.15, -0.1) is 0 Å². The van der Waals surface area contributed by atoms with Gasteiger partial charge in [0.1, 0.15) is 0 Å². The van der Waals surface area contributed by atoms with Gasteiger partial charge in [-0.1, -0.05) is 54.6 Å². The maximum atomic E-state index is 9.83. The van der Waals surface area contributed by atoms with E-state index in [2.05, 4.69) is 24.3 Å². The molecule has 0 saturated heterocycles. The molecule has 0 aromatic heterocycles. The van der Waals surface area contributed by atoms with Crippen LogP contribution in [-0.4, -0.2) is 10.2 Å². The first-order chi connectivity index (χ1) is 10.8. The van der Waals surface area contributed by atoms with E-state index in [1.165, 1.54) is 0 Å². The second-order valence-electron chi connectivity index (χ2n) is 5.58. The number of aliphatic hydroxyl groups is 2. The van der Waals surface area contributed by atoms with Gasteiger partial charge in [-0.25, -0.2) is 0 Å². The number of rotatable bonds is 2. The standard InChI is InChI=1S/C20H16O2/c21-11-15-6-3-5-14-10-16(12-22)20-17-7-2-1-4-13(17)8-9-18(20)19(14)15/h1-10,21-22H,11-12H2. The van der Waals surface area contributed by atoms with Crippen LogP contribution in [0, 0.1) is 0 Å². The van der Waals surface area contributed by atoms with Crippen molar-refractivity contribution in [2.75, 3.05) is 0 Å². The Morgan fingerprint density at radius 1 is 0.591 bits per heavy atom. The minimum Gasteiger partial charge on any atom is -0.392 e. The molecule has 2 nitrogen and oxygen atoms in total. The van der Waals surface area contributed by atoms with Gasteiger partial charge in [0, 0.05) is 0 Å². The van der Waals surface area contributed by atoms with E-state index < -0.39 is 0 Å². The molecule has 0 spiro atoms. The van der Waals surface area contributed by atoms with Crippen molar-refractivity contribution in [3.05, 3.63) is 71.8 Å². The van der Waals surface area contributed by atoms with Gasteiger partial charge in [0.25, 0.3) is 0 Å². The number of hydrogen-bond acceptors (Lipinski definition) is 2. The number of hydrogen-bond donors (Lipinski definition) is 2. The molecular formula is C20H16O2. The zero-order valence-electron chi connectivity index (χ0n) is 12.1. The van der Waals surface area contributed by atoms with Crippen LogP contribution in [0.25, 0.3) is 32.3 Å². The van der Waals surface area contributed by atoms with Crippen molar-refractivity contribution in [3.8, 4) is 0 Å². The Balaban J connectivity index is 2.32. The summed E-state index contributed by atoms with van der Waals surface area (Å²) in [6.07, 6.45) is 0. The first kappa shape index (κ1) is 13.3. The molecule has 0 fully saturated rings. The van der Waals surface area contributed by atoms with Gasteiger partial charge in [0.2, 0.25) is 0 Å². The van der Waals surface area contributed by atoms with Gasteiger partial charge in [0.15, 0.2) is 0 Å². The summed E-state index contributed by atoms with van der Waals surface area (Å²) < 4.78 is 0. The summed E-state index contributed by atoms with van der Waals surface area (Å²) in [6.45, 7) is 0.0154. The third-order valence-electron chi connectivity index (χ3n) is 4.37. The quantitative estimate of drug-likeness (QED) is 0.544. The summed E-state index contributed by atoms with van der Waals surface area (Å²) in [5.41, 5.74) is 1.84. The Kier molecular flexibility index (Phi) is 3.07. The second-order valence-corrected chi connectivity index (χ2v) is 5.58. The first-order valence-electron chi connectivity index (χ1n) is 7.40. The minimum absolute atomic E-state index is 0.00377. The van der Waals surface area contributed by atoms with E-state index in [1.807, 2.05) is 36.4 Å². The summed E-state index contributed by atoms with van der Waals surface area (Å²) in [6, 6.07) is 20.4. The lowest BCUT2D eigenvalue weighted by Crippen LogP contribution is -1.93. The summed E-state index contributed by atoms with van der Waals surface area (Å²) in [5, 5.41) is 26.1. The molecule has 0 atom stereocenters. The van der Waals surface area contributed by atoms with E-state index in [1.54, 1.807) is 0 Å². The molecule has 108 valence electrons. The summed E-state index contributed by atoms with van der Waals surface area (Å²) >= 11 is 0. The summed E-state index contributed by atoms with van der Waals surface area (Å²) in [4.78, 5) is 0. The van der Waals surface area contributed by atoms with Crippen molar-refractivity contribution in [3.63, 3.8) is 0 Å². The fourth-order valence-electron chi connectivity index (χ4n) is 3.41. The average Bonchev–Trinajstić information content (AvgIpc) is 2.59. The van der Waals surface area contributed by atoms with Gasteiger partial charge in [-0.3, -0.25) is 0 Å². The van der Waals surface area contributed by atoms with Crippen LogP contribution < -0.4 is 0 Å². The number of fused-ring (bicyclic) bond motifs is 5. The smallest absolute Gasteiger partial charge is 0.0688 e. The topological polar surface area (TPSA) is 40.5 Å². The summed E-state index contributed by atoms with van der Waals surface area (Å²) in [5.74, 6) is 0. The van der Waals surface area contributed by atoms with E-state index >= 15 is 0 Å². The lowest BCUT2D eigenvalue weighted by atomic mass is 9.91. The SMILES string of the molecule is OCc1cccc2cc(CO)c3c4ccccc4ccc3c12. The minimum atomic E-state index is 0.00377. The predicted octanol–water partition coefficient (Wildman–Crippen LogP) is 4.13. The fourth-order valence-corrected chi connectivity index (χ4v) is 3.41. The predicted molar refractivity (Wildman–Crippen MR) is 90.8 cm³/mol. The number of benzene rings is 4. The zero-order valence-corrected chi connectivity index (χ0v) is 12.1. The highest BCUT2D eigenvalue weighted by Gasteiger charge is 2.11. The van der Waals surface area contributed by atoms with Crippen LogP contribution in [0.3, 0.4) is 0 Å². The fraction of sp³-hybridized carbons (Fsp3) is 0.100. The highest BCUT2D eigenvalue weighted by Crippen LogP contribution is 2.35. The van der Waals surface area contributed by atoms with E-state index in [9.17, 15) is 10.2 Å². The van der Waals surface area contributed by atoms with Crippen molar-refractivity contribution in [2.24, 2.45) is 0 Å². The van der Waals surface area contributed by atoms with Crippen molar-refractivity contribution in [1.29, 1.82) is 0 Å². The molecule has 4 aromatic rings. The Morgan fingerprint density at radius 3 is 2.18 bits per heavy atom. The van der Waals surface area contributed by atoms with Crippen LogP contribution in [-0.2, 0) is 13.2 Å². The second kappa shape index (κ2) is 5.09. The largest absolute Gasteiger partial charge is 0.392 e. The van der Waals surface area contributed by atoms with E-state index in [-0.39, 0.29) is 13.2 Å². The third kappa shape index (κ3) is 1.82. The molecule has 0 radical (unpaired) electrons. The van der Waals surface area contributed by atoms with E-state index in [0.717, 1.165) is 43.4 Å². The molecule has 2 heteroatoms. The first-order valence-corrected chi connectivity index (χ1v) is 7.40. The normalized spacial score (nSPS) is 11.5. The van der Waals surface area contributed by atoms with Gasteiger partial charge in [-0.2, -0.15) is 0 Å². The van der Waals surface area contributed by atoms with Gasteiger partial charge < -0.3 is 10.2 Å². The highest BCUT2D eigenvalue weighted by molar-refractivity contribution is 6.19. The third-order valence-corrected chi connectivity index (χ3v) is 4.37. The molecule has 0 aliphatic rings. The van der Waals surface area contributed by atoms with Crippen LogP contribution >= 0.6 is 0 Å². The van der Waals surface area contributed by atoms with E-state index in [4.69, 9.17) is 0 Å². The molecular weight excluding hydrogens is 272 g/mol. The molecule has 0 unspecified atom stereocenters. The maximum Gasteiger partial charge on any atom is 0.0688 e. The average molecular weight is 288 g/mol. The van der Waals surface area contributed by atoms with Gasteiger partial charge in [0.05, 0.1) is 13.2 Å². The lowest BCUT2D eigenvalue weighted by Gasteiger charge is -2.14. The molecule has 4 aromatic carbocycles. The molecule has 0 aliphatic heterocycles. The Labute approximate surface area is 128 Å². The Bertz CT molecular complexity index is 1000.